The summed E-state index contributed by atoms with van der Waals surface area (Å²) in [6.07, 6.45) is 3.73. The second-order valence-corrected chi connectivity index (χ2v) is 10.4. The maximum absolute atomic E-state index is 13.2. The van der Waals surface area contributed by atoms with Crippen LogP contribution in [0.25, 0.3) is 11.3 Å². The predicted octanol–water partition coefficient (Wildman–Crippen LogP) is 1.84. The fourth-order valence-electron chi connectivity index (χ4n) is 3.85. The van der Waals surface area contributed by atoms with Crippen LogP contribution in [0, 0.1) is 5.92 Å². The van der Waals surface area contributed by atoms with E-state index in [1.165, 1.54) is 6.08 Å². The van der Waals surface area contributed by atoms with E-state index in [1.54, 1.807) is 45.1 Å². The van der Waals surface area contributed by atoms with Gasteiger partial charge in [-0.05, 0) is 36.6 Å². The summed E-state index contributed by atoms with van der Waals surface area (Å²) >= 11 is 1.65. The molecule has 3 unspecified atom stereocenters. The molecule has 148 valence electrons. The number of nitrogens with one attached hydrogen (secondary N) is 1. The minimum atomic E-state index is -3.57. The Morgan fingerprint density at radius 3 is 2.86 bits per heavy atom. The average molecular weight is 419 g/mol. The van der Waals surface area contributed by atoms with Crippen LogP contribution in [0.15, 0.2) is 54.1 Å². The van der Waals surface area contributed by atoms with Gasteiger partial charge < -0.3 is 5.32 Å². The average Bonchev–Trinajstić information content (AvgIpc) is 3.36. The standard InChI is InChI=1S/C19H22N4O3S2/c1-3-18(24)21-19-10-14-11-23(12-17(14)27-19)28(25,26)15-6-4-5-13(9-15)16-7-8-20-22(16)2/h3-9,14,17,19H,1,10-12H2,2H3,(H,21,24). The highest BCUT2D eigenvalue weighted by atomic mass is 32.2. The molecule has 28 heavy (non-hydrogen) atoms. The van der Waals surface area contributed by atoms with Crippen molar-refractivity contribution in [1.29, 1.82) is 0 Å². The Bertz CT molecular complexity index is 1000. The number of nitrogens with zero attached hydrogens (tertiary/aromatic N) is 3. The lowest BCUT2D eigenvalue weighted by molar-refractivity contribution is -0.116. The topological polar surface area (TPSA) is 84.3 Å². The fourth-order valence-corrected chi connectivity index (χ4v) is 7.17. The number of benzene rings is 1. The summed E-state index contributed by atoms with van der Waals surface area (Å²) in [4.78, 5) is 11.8. The van der Waals surface area contributed by atoms with E-state index < -0.39 is 10.0 Å². The fraction of sp³-hybridized carbons (Fsp3) is 0.368. The van der Waals surface area contributed by atoms with E-state index in [2.05, 4.69) is 17.0 Å². The van der Waals surface area contributed by atoms with Crippen molar-refractivity contribution in [2.45, 2.75) is 21.9 Å². The van der Waals surface area contributed by atoms with Crippen molar-refractivity contribution in [1.82, 2.24) is 19.4 Å². The second kappa shape index (κ2) is 7.38. The number of carbonyl (C=O) groups is 1. The van der Waals surface area contributed by atoms with Crippen LogP contribution >= 0.6 is 11.8 Å². The Balaban J connectivity index is 1.50. The third kappa shape index (κ3) is 3.49. The molecule has 2 aliphatic rings. The first-order valence-electron chi connectivity index (χ1n) is 9.05. The first-order chi connectivity index (χ1) is 13.4. The molecule has 1 aromatic heterocycles. The van der Waals surface area contributed by atoms with Gasteiger partial charge in [0.2, 0.25) is 15.9 Å². The molecule has 1 aromatic carbocycles. The highest BCUT2D eigenvalue weighted by molar-refractivity contribution is 8.00. The molecule has 2 aliphatic heterocycles. The number of amides is 1. The van der Waals surface area contributed by atoms with Crippen molar-refractivity contribution in [2.75, 3.05) is 13.1 Å². The van der Waals surface area contributed by atoms with E-state index in [0.717, 1.165) is 17.7 Å². The van der Waals surface area contributed by atoms with Gasteiger partial charge in [-0.15, -0.1) is 11.8 Å². The summed E-state index contributed by atoms with van der Waals surface area (Å²) in [5.41, 5.74) is 1.69. The van der Waals surface area contributed by atoms with Gasteiger partial charge in [0, 0.05) is 37.1 Å². The number of rotatable bonds is 5. The number of hydrogen-bond donors (Lipinski definition) is 1. The van der Waals surface area contributed by atoms with Gasteiger partial charge in [0.1, 0.15) is 0 Å². The molecule has 2 saturated heterocycles. The molecule has 0 bridgehead atoms. The molecule has 2 aromatic rings. The van der Waals surface area contributed by atoms with Gasteiger partial charge in [0.15, 0.2) is 0 Å². The van der Waals surface area contributed by atoms with Gasteiger partial charge in [-0.25, -0.2) is 8.42 Å². The molecule has 3 atom stereocenters. The highest BCUT2D eigenvalue weighted by Gasteiger charge is 2.45. The smallest absolute Gasteiger partial charge is 0.244 e. The van der Waals surface area contributed by atoms with E-state index in [9.17, 15) is 13.2 Å². The molecule has 1 amide bonds. The maximum Gasteiger partial charge on any atom is 0.244 e. The Kier molecular flexibility index (Phi) is 5.07. The Morgan fingerprint density at radius 1 is 1.36 bits per heavy atom. The summed E-state index contributed by atoms with van der Waals surface area (Å²) in [6.45, 7) is 4.42. The van der Waals surface area contributed by atoms with Crippen LogP contribution in [0.5, 0.6) is 0 Å². The molecule has 3 heterocycles. The number of aryl methyl sites for hydroxylation is 1. The first kappa shape index (κ1) is 19.2. The number of carbonyl (C=O) groups excluding carboxylic acids is 1. The summed E-state index contributed by atoms with van der Waals surface area (Å²) in [5.74, 6) is 0.0593. The van der Waals surface area contributed by atoms with Gasteiger partial charge in [0.25, 0.3) is 0 Å². The lowest BCUT2D eigenvalue weighted by Gasteiger charge is -2.19. The summed E-state index contributed by atoms with van der Waals surface area (Å²) in [6, 6.07) is 8.86. The lowest BCUT2D eigenvalue weighted by Crippen LogP contribution is -2.33. The van der Waals surface area contributed by atoms with Gasteiger partial charge in [-0.2, -0.15) is 9.40 Å². The second-order valence-electron chi connectivity index (χ2n) is 7.06. The number of hydrogen-bond acceptors (Lipinski definition) is 5. The lowest BCUT2D eigenvalue weighted by atomic mass is 10.1. The van der Waals surface area contributed by atoms with Crippen molar-refractivity contribution in [3.05, 3.63) is 49.2 Å². The Morgan fingerprint density at radius 2 is 2.18 bits per heavy atom. The summed E-state index contributed by atoms with van der Waals surface area (Å²) in [7, 11) is -1.74. The Labute approximate surface area is 168 Å². The van der Waals surface area contributed by atoms with Gasteiger partial charge in [-0.1, -0.05) is 18.7 Å². The third-order valence-electron chi connectivity index (χ3n) is 5.28. The Hall–Kier alpha value is -2.10. The molecule has 0 radical (unpaired) electrons. The third-order valence-corrected chi connectivity index (χ3v) is 8.63. The normalized spacial score (nSPS) is 24.8. The summed E-state index contributed by atoms with van der Waals surface area (Å²) in [5, 5.41) is 7.28. The van der Waals surface area contributed by atoms with Crippen molar-refractivity contribution in [3.8, 4) is 11.3 Å². The van der Waals surface area contributed by atoms with E-state index >= 15 is 0 Å². The van der Waals surface area contributed by atoms with Crippen LogP contribution in [0.2, 0.25) is 0 Å². The van der Waals surface area contributed by atoms with Crippen molar-refractivity contribution in [3.63, 3.8) is 0 Å². The van der Waals surface area contributed by atoms with Crippen LogP contribution in [0.3, 0.4) is 0 Å². The maximum atomic E-state index is 13.2. The number of sulfonamides is 1. The molecule has 0 spiro atoms. The number of thioether (sulfide) groups is 1. The number of aromatic nitrogens is 2. The van der Waals surface area contributed by atoms with Crippen molar-refractivity contribution in [2.24, 2.45) is 13.0 Å². The molecule has 1 N–H and O–H groups in total. The van der Waals surface area contributed by atoms with Crippen LogP contribution in [0.4, 0.5) is 0 Å². The van der Waals surface area contributed by atoms with E-state index in [0.29, 0.717) is 18.0 Å². The molecular formula is C19H22N4O3S2. The SMILES string of the molecule is C=CC(=O)NC1CC2CN(S(=O)(=O)c3cccc(-c4ccnn4C)c3)CC2S1. The molecule has 9 heteroatoms. The molecule has 2 fully saturated rings. The molecule has 7 nitrogen and oxygen atoms in total. The molecule has 4 rings (SSSR count). The highest BCUT2D eigenvalue weighted by Crippen LogP contribution is 2.43. The van der Waals surface area contributed by atoms with E-state index in [-0.39, 0.29) is 22.4 Å². The number of fused-ring (bicyclic) bond motifs is 1. The van der Waals surface area contributed by atoms with Gasteiger partial charge >= 0.3 is 0 Å². The zero-order chi connectivity index (χ0) is 19.9. The molecular weight excluding hydrogens is 396 g/mol. The van der Waals surface area contributed by atoms with Crippen molar-refractivity contribution < 1.29 is 13.2 Å². The van der Waals surface area contributed by atoms with Gasteiger partial charge in [0.05, 0.1) is 16.0 Å². The zero-order valence-electron chi connectivity index (χ0n) is 15.5. The zero-order valence-corrected chi connectivity index (χ0v) is 17.1. The summed E-state index contributed by atoms with van der Waals surface area (Å²) < 4.78 is 29.7. The van der Waals surface area contributed by atoms with Crippen molar-refractivity contribution >= 4 is 27.7 Å². The van der Waals surface area contributed by atoms with Crippen LogP contribution < -0.4 is 5.32 Å². The molecule has 0 aliphatic carbocycles. The van der Waals surface area contributed by atoms with E-state index in [1.807, 2.05) is 19.2 Å². The predicted molar refractivity (Wildman–Crippen MR) is 109 cm³/mol. The van der Waals surface area contributed by atoms with Crippen LogP contribution in [-0.4, -0.2) is 52.1 Å². The van der Waals surface area contributed by atoms with Gasteiger partial charge in [-0.3, -0.25) is 9.48 Å². The van der Waals surface area contributed by atoms with Crippen LogP contribution in [-0.2, 0) is 21.9 Å². The largest absolute Gasteiger partial charge is 0.341 e. The monoisotopic (exact) mass is 418 g/mol. The van der Waals surface area contributed by atoms with E-state index in [4.69, 9.17) is 0 Å². The molecule has 0 saturated carbocycles. The van der Waals surface area contributed by atoms with Crippen LogP contribution in [0.1, 0.15) is 6.42 Å². The minimum absolute atomic E-state index is 0.0264. The minimum Gasteiger partial charge on any atom is -0.341 e. The first-order valence-corrected chi connectivity index (χ1v) is 11.4. The quantitative estimate of drug-likeness (QED) is 0.749.